The van der Waals surface area contributed by atoms with E-state index in [-0.39, 0.29) is 29.8 Å². The Hall–Kier alpha value is -2.47. The minimum atomic E-state index is -0.927. The number of rotatable bonds is 3. The maximum absolute atomic E-state index is 13.4. The summed E-state index contributed by atoms with van der Waals surface area (Å²) in [6.07, 6.45) is -0.927. The maximum atomic E-state index is 13.4. The van der Waals surface area contributed by atoms with Gasteiger partial charge in [0.2, 0.25) is 0 Å². The fourth-order valence-electron chi connectivity index (χ4n) is 3.65. The van der Waals surface area contributed by atoms with Crippen LogP contribution in [0.1, 0.15) is 31.0 Å². The molecule has 0 spiro atoms. The van der Waals surface area contributed by atoms with Crippen molar-refractivity contribution in [3.05, 3.63) is 71.3 Å². The third-order valence-electron chi connectivity index (χ3n) is 4.98. The van der Waals surface area contributed by atoms with E-state index >= 15 is 0 Å². The van der Waals surface area contributed by atoms with Gasteiger partial charge in [-0.2, -0.15) is 0 Å². The lowest BCUT2D eigenvalue weighted by atomic mass is 9.93. The number of carboxylic acid groups (broad SMARTS) is 1. The van der Waals surface area contributed by atoms with E-state index in [1.165, 1.54) is 29.2 Å². The Morgan fingerprint density at radius 1 is 0.923 bits per heavy atom. The number of carbonyl (C=O) groups is 1. The van der Waals surface area contributed by atoms with E-state index in [2.05, 4.69) is 4.90 Å². The monoisotopic (exact) mass is 360 g/mol. The molecular weight excluding hydrogens is 338 g/mol. The molecule has 0 unspecified atom stereocenters. The van der Waals surface area contributed by atoms with E-state index in [0.29, 0.717) is 13.1 Å². The number of hydrogen-bond acceptors (Lipinski definition) is 2. The van der Waals surface area contributed by atoms with Gasteiger partial charge in [0.25, 0.3) is 0 Å². The van der Waals surface area contributed by atoms with Crippen LogP contribution in [0.15, 0.2) is 48.5 Å². The summed E-state index contributed by atoms with van der Waals surface area (Å²) >= 11 is 0. The third kappa shape index (κ3) is 3.70. The molecule has 0 bridgehead atoms. The van der Waals surface area contributed by atoms with Gasteiger partial charge in [-0.15, -0.1) is 0 Å². The van der Waals surface area contributed by atoms with E-state index in [1.807, 2.05) is 13.8 Å². The van der Waals surface area contributed by atoms with Crippen LogP contribution in [0.2, 0.25) is 0 Å². The number of benzene rings is 2. The molecule has 4 nitrogen and oxygen atoms in total. The minimum Gasteiger partial charge on any atom is -0.465 e. The van der Waals surface area contributed by atoms with Gasteiger partial charge in [-0.1, -0.05) is 24.3 Å². The van der Waals surface area contributed by atoms with Gasteiger partial charge in [-0.3, -0.25) is 4.90 Å². The smallest absolute Gasteiger partial charge is 0.407 e. The highest BCUT2D eigenvalue weighted by molar-refractivity contribution is 5.65. The van der Waals surface area contributed by atoms with Crippen molar-refractivity contribution in [3.63, 3.8) is 0 Å². The van der Waals surface area contributed by atoms with Gasteiger partial charge in [0.1, 0.15) is 11.6 Å². The molecule has 1 amide bonds. The summed E-state index contributed by atoms with van der Waals surface area (Å²) < 4.78 is 26.8. The van der Waals surface area contributed by atoms with Crippen molar-refractivity contribution in [2.75, 3.05) is 13.1 Å². The molecular formula is C20H22F2N2O2. The fourth-order valence-corrected chi connectivity index (χ4v) is 3.65. The zero-order chi connectivity index (χ0) is 18.8. The standard InChI is InChI=1S/C20H22F2N2O2/c1-13-12-24(20(25)26)14(2)11-23(13)19(15-3-7-17(21)8-4-15)16-5-9-18(22)10-6-16/h3-10,13-14,19H,11-12H2,1-2H3,(H,25,26)/t13-,14+/m1/s1. The molecule has 2 atom stereocenters. The molecule has 1 N–H and O–H groups in total. The quantitative estimate of drug-likeness (QED) is 0.895. The number of halogens is 2. The highest BCUT2D eigenvalue weighted by Crippen LogP contribution is 2.33. The summed E-state index contributed by atoms with van der Waals surface area (Å²) in [6, 6.07) is 12.1. The molecule has 1 heterocycles. The van der Waals surface area contributed by atoms with Gasteiger partial charge >= 0.3 is 6.09 Å². The van der Waals surface area contributed by atoms with Crippen LogP contribution in [0, 0.1) is 11.6 Å². The SMILES string of the molecule is C[C@@H]1CN(C(=O)O)[C@@H](C)CN1C(c1ccc(F)cc1)c1ccc(F)cc1. The largest absolute Gasteiger partial charge is 0.465 e. The molecule has 2 aromatic rings. The predicted molar refractivity (Wildman–Crippen MR) is 95.0 cm³/mol. The van der Waals surface area contributed by atoms with Crippen molar-refractivity contribution in [2.24, 2.45) is 0 Å². The van der Waals surface area contributed by atoms with Gasteiger partial charge in [0.05, 0.1) is 6.04 Å². The van der Waals surface area contributed by atoms with Crippen molar-refractivity contribution < 1.29 is 18.7 Å². The zero-order valence-electron chi connectivity index (χ0n) is 14.8. The zero-order valence-corrected chi connectivity index (χ0v) is 14.8. The summed E-state index contributed by atoms with van der Waals surface area (Å²) in [7, 11) is 0. The van der Waals surface area contributed by atoms with Crippen LogP contribution in [-0.4, -0.2) is 46.2 Å². The van der Waals surface area contributed by atoms with E-state index in [1.54, 1.807) is 24.3 Å². The highest BCUT2D eigenvalue weighted by atomic mass is 19.1. The van der Waals surface area contributed by atoms with Crippen molar-refractivity contribution in [2.45, 2.75) is 32.0 Å². The molecule has 3 rings (SSSR count). The van der Waals surface area contributed by atoms with Crippen LogP contribution < -0.4 is 0 Å². The minimum absolute atomic E-state index is 0.0394. The molecule has 6 heteroatoms. The van der Waals surface area contributed by atoms with Crippen LogP contribution in [0.3, 0.4) is 0 Å². The summed E-state index contributed by atoms with van der Waals surface area (Å²) in [6.45, 7) is 4.77. The normalized spacial score (nSPS) is 21.2. The summed E-state index contributed by atoms with van der Waals surface area (Å²) in [5.74, 6) is -0.632. The summed E-state index contributed by atoms with van der Waals surface area (Å²) in [5.41, 5.74) is 1.78. The Balaban J connectivity index is 1.99. The molecule has 1 fully saturated rings. The van der Waals surface area contributed by atoms with Gasteiger partial charge in [-0.25, -0.2) is 13.6 Å². The number of hydrogen-bond donors (Lipinski definition) is 1. The van der Waals surface area contributed by atoms with E-state index in [9.17, 15) is 18.7 Å². The molecule has 1 aliphatic heterocycles. The molecule has 0 radical (unpaired) electrons. The first-order chi connectivity index (χ1) is 12.4. The number of amides is 1. The van der Waals surface area contributed by atoms with Crippen molar-refractivity contribution >= 4 is 6.09 Å². The summed E-state index contributed by atoms with van der Waals surface area (Å²) in [4.78, 5) is 15.1. The second-order valence-electron chi connectivity index (χ2n) is 6.84. The average Bonchev–Trinajstić information content (AvgIpc) is 2.60. The van der Waals surface area contributed by atoms with Crippen molar-refractivity contribution in [3.8, 4) is 0 Å². The molecule has 138 valence electrons. The molecule has 2 aromatic carbocycles. The molecule has 1 saturated heterocycles. The number of nitrogens with zero attached hydrogens (tertiary/aromatic N) is 2. The molecule has 1 aliphatic rings. The predicted octanol–water partition coefficient (Wildman–Crippen LogP) is 4.13. The average molecular weight is 360 g/mol. The second kappa shape index (κ2) is 7.41. The topological polar surface area (TPSA) is 43.8 Å². The maximum Gasteiger partial charge on any atom is 0.407 e. The van der Waals surface area contributed by atoms with Crippen LogP contribution in [-0.2, 0) is 0 Å². The van der Waals surface area contributed by atoms with Crippen LogP contribution >= 0.6 is 0 Å². The molecule has 0 aliphatic carbocycles. The first kappa shape index (κ1) is 18.3. The van der Waals surface area contributed by atoms with Crippen molar-refractivity contribution in [1.29, 1.82) is 0 Å². The van der Waals surface area contributed by atoms with Gasteiger partial charge in [0, 0.05) is 25.2 Å². The second-order valence-corrected chi connectivity index (χ2v) is 6.84. The Kier molecular flexibility index (Phi) is 5.23. The Bertz CT molecular complexity index is 719. The first-order valence-corrected chi connectivity index (χ1v) is 8.63. The van der Waals surface area contributed by atoms with Gasteiger partial charge in [0.15, 0.2) is 0 Å². The molecule has 0 aromatic heterocycles. The van der Waals surface area contributed by atoms with Crippen LogP contribution in [0.5, 0.6) is 0 Å². The van der Waals surface area contributed by atoms with Gasteiger partial charge < -0.3 is 10.0 Å². The Labute approximate surface area is 151 Å². The number of piperazine rings is 1. The van der Waals surface area contributed by atoms with Crippen LogP contribution in [0.25, 0.3) is 0 Å². The summed E-state index contributed by atoms with van der Waals surface area (Å²) in [5, 5.41) is 9.37. The van der Waals surface area contributed by atoms with E-state index < -0.39 is 6.09 Å². The fraction of sp³-hybridized carbons (Fsp3) is 0.350. The van der Waals surface area contributed by atoms with Crippen molar-refractivity contribution in [1.82, 2.24) is 9.80 Å². The third-order valence-corrected chi connectivity index (χ3v) is 4.98. The lowest BCUT2D eigenvalue weighted by Gasteiger charge is -2.46. The first-order valence-electron chi connectivity index (χ1n) is 8.63. The highest BCUT2D eigenvalue weighted by Gasteiger charge is 2.36. The lowest BCUT2D eigenvalue weighted by Crippen LogP contribution is -2.58. The Morgan fingerprint density at radius 3 is 1.81 bits per heavy atom. The van der Waals surface area contributed by atoms with Gasteiger partial charge in [-0.05, 0) is 49.2 Å². The van der Waals surface area contributed by atoms with Crippen LogP contribution in [0.4, 0.5) is 13.6 Å². The Morgan fingerprint density at radius 2 is 1.38 bits per heavy atom. The molecule has 26 heavy (non-hydrogen) atoms. The molecule has 0 saturated carbocycles. The van der Waals surface area contributed by atoms with E-state index in [0.717, 1.165) is 11.1 Å². The lowest BCUT2D eigenvalue weighted by molar-refractivity contribution is 0.0280. The van der Waals surface area contributed by atoms with E-state index in [4.69, 9.17) is 0 Å².